The van der Waals surface area contributed by atoms with Gasteiger partial charge in [0.1, 0.15) is 0 Å². The molecule has 3 aromatic rings. The fourth-order valence-electron chi connectivity index (χ4n) is 3.36. The summed E-state index contributed by atoms with van der Waals surface area (Å²) < 4.78 is 35.1. The van der Waals surface area contributed by atoms with Gasteiger partial charge in [-0.1, -0.05) is 60.7 Å². The number of hydrogen-bond donors (Lipinski definition) is 3. The first-order valence-corrected chi connectivity index (χ1v) is 11.5. The van der Waals surface area contributed by atoms with Crippen LogP contribution in [0.2, 0.25) is 0 Å². The number of ether oxygens (including phenoxy) is 1. The van der Waals surface area contributed by atoms with Crippen molar-refractivity contribution >= 4 is 26.8 Å². The first-order valence-electron chi connectivity index (χ1n) is 10.0. The number of nitrogens with two attached hydrogens (primary N) is 2. The molecule has 0 saturated heterocycles. The number of rotatable bonds is 10. The zero-order valence-corrected chi connectivity index (χ0v) is 18.3. The first kappa shape index (κ1) is 22.7. The highest BCUT2D eigenvalue weighted by molar-refractivity contribution is 7.89. The van der Waals surface area contributed by atoms with Gasteiger partial charge in [0.2, 0.25) is 10.0 Å². The number of nitrogens with zero attached hydrogens (tertiary/aromatic N) is 1. The van der Waals surface area contributed by atoms with E-state index in [1.807, 2.05) is 67.6 Å². The number of fused-ring (bicyclic) bond motifs is 1. The van der Waals surface area contributed by atoms with Crippen molar-refractivity contribution in [2.45, 2.75) is 30.9 Å². The quantitative estimate of drug-likeness (QED) is 0.331. The number of aliphatic imine (C=N–C) groups is 1. The molecule has 164 valence electrons. The van der Waals surface area contributed by atoms with E-state index in [9.17, 15) is 8.42 Å². The number of benzene rings is 3. The minimum Gasteiger partial charge on any atom is -0.375 e. The van der Waals surface area contributed by atoms with Gasteiger partial charge in [-0.15, -0.1) is 0 Å². The van der Waals surface area contributed by atoms with E-state index in [1.54, 1.807) is 6.07 Å². The maximum Gasteiger partial charge on any atom is 0.241 e. The van der Waals surface area contributed by atoms with Crippen LogP contribution in [0, 0.1) is 6.92 Å². The van der Waals surface area contributed by atoms with E-state index in [4.69, 9.17) is 16.2 Å². The molecule has 3 aromatic carbocycles. The fourth-order valence-corrected chi connectivity index (χ4v) is 4.82. The van der Waals surface area contributed by atoms with Gasteiger partial charge in [0.05, 0.1) is 18.1 Å². The molecule has 0 amide bonds. The van der Waals surface area contributed by atoms with Crippen molar-refractivity contribution in [1.82, 2.24) is 4.72 Å². The van der Waals surface area contributed by atoms with E-state index in [0.29, 0.717) is 25.0 Å². The predicted molar refractivity (Wildman–Crippen MR) is 124 cm³/mol. The van der Waals surface area contributed by atoms with E-state index < -0.39 is 16.1 Å². The van der Waals surface area contributed by atoms with Gasteiger partial charge in [-0.2, -0.15) is 0 Å². The van der Waals surface area contributed by atoms with Crippen LogP contribution < -0.4 is 16.2 Å². The molecule has 8 heteroatoms. The number of guanidine groups is 1. The van der Waals surface area contributed by atoms with Gasteiger partial charge in [-0.3, -0.25) is 4.99 Å². The summed E-state index contributed by atoms with van der Waals surface area (Å²) in [7, 11) is -3.79. The number of hydrogen-bond acceptors (Lipinski definition) is 4. The van der Waals surface area contributed by atoms with Gasteiger partial charge in [0.25, 0.3) is 0 Å². The number of nitrogens with one attached hydrogen (secondary N) is 1. The Morgan fingerprint density at radius 1 is 1.00 bits per heavy atom. The van der Waals surface area contributed by atoms with Crippen LogP contribution in [0.5, 0.6) is 0 Å². The van der Waals surface area contributed by atoms with Crippen LogP contribution in [0.3, 0.4) is 0 Å². The maximum atomic E-state index is 13.2. The van der Waals surface area contributed by atoms with Crippen molar-refractivity contribution in [3.8, 4) is 0 Å². The Balaban J connectivity index is 1.78. The smallest absolute Gasteiger partial charge is 0.241 e. The van der Waals surface area contributed by atoms with Crippen molar-refractivity contribution in [2.24, 2.45) is 16.5 Å². The molecular formula is C23H28N4O3S. The van der Waals surface area contributed by atoms with Crippen LogP contribution in [0.1, 0.15) is 17.5 Å². The zero-order chi connectivity index (χ0) is 22.3. The van der Waals surface area contributed by atoms with Crippen LogP contribution in [-0.4, -0.2) is 33.6 Å². The van der Waals surface area contributed by atoms with E-state index in [0.717, 1.165) is 16.5 Å². The lowest BCUT2D eigenvalue weighted by molar-refractivity contribution is 0.102. The van der Waals surface area contributed by atoms with Crippen molar-refractivity contribution in [3.05, 3.63) is 77.9 Å². The summed E-state index contributed by atoms with van der Waals surface area (Å²) in [5.41, 5.74) is 12.8. The highest BCUT2D eigenvalue weighted by Gasteiger charge is 2.22. The minimum atomic E-state index is -3.79. The van der Waals surface area contributed by atoms with E-state index >= 15 is 0 Å². The standard InChI is InChI=1S/C23H28N4O3S/c1-17-11-12-22(21-10-6-5-9-20(17)21)31(28,29)27-19(13-14-26-23(24)25)16-30-15-18-7-3-2-4-8-18/h2-12,19,27H,13-16H2,1H3,(H4,24,25,26)/t19-/m0/s1. The monoisotopic (exact) mass is 440 g/mol. The summed E-state index contributed by atoms with van der Waals surface area (Å²) in [5, 5.41) is 1.59. The van der Waals surface area contributed by atoms with Crippen molar-refractivity contribution in [1.29, 1.82) is 0 Å². The summed E-state index contributed by atoms with van der Waals surface area (Å²) in [6.45, 7) is 2.83. The Kier molecular flexibility index (Phi) is 7.62. The molecule has 0 bridgehead atoms. The van der Waals surface area contributed by atoms with Crippen LogP contribution in [0.4, 0.5) is 0 Å². The summed E-state index contributed by atoms with van der Waals surface area (Å²) >= 11 is 0. The molecular weight excluding hydrogens is 412 g/mol. The Bertz CT molecular complexity index is 1140. The molecule has 0 unspecified atom stereocenters. The van der Waals surface area contributed by atoms with Crippen molar-refractivity contribution in [2.75, 3.05) is 13.2 Å². The second-order valence-electron chi connectivity index (χ2n) is 7.34. The van der Waals surface area contributed by atoms with Crippen LogP contribution in [0.15, 0.2) is 76.6 Å². The number of sulfonamides is 1. The summed E-state index contributed by atoms with van der Waals surface area (Å²) in [6.07, 6.45) is 0.399. The molecule has 5 N–H and O–H groups in total. The third kappa shape index (κ3) is 6.27. The Hall–Kier alpha value is -2.94. The lowest BCUT2D eigenvalue weighted by Crippen LogP contribution is -2.39. The lowest BCUT2D eigenvalue weighted by Gasteiger charge is -2.19. The number of aryl methyl sites for hydroxylation is 1. The van der Waals surface area contributed by atoms with Crippen molar-refractivity contribution < 1.29 is 13.2 Å². The van der Waals surface area contributed by atoms with Gasteiger partial charge in [-0.25, -0.2) is 13.1 Å². The summed E-state index contributed by atoms with van der Waals surface area (Å²) in [6, 6.07) is 20.1. The Morgan fingerprint density at radius 2 is 1.68 bits per heavy atom. The highest BCUT2D eigenvalue weighted by Crippen LogP contribution is 2.26. The van der Waals surface area contributed by atoms with Crippen molar-refractivity contribution in [3.63, 3.8) is 0 Å². The Morgan fingerprint density at radius 3 is 2.39 bits per heavy atom. The predicted octanol–water partition coefficient (Wildman–Crippen LogP) is 2.68. The largest absolute Gasteiger partial charge is 0.375 e. The third-order valence-electron chi connectivity index (χ3n) is 4.92. The average molecular weight is 441 g/mol. The molecule has 0 aromatic heterocycles. The molecule has 31 heavy (non-hydrogen) atoms. The molecule has 0 radical (unpaired) electrons. The summed E-state index contributed by atoms with van der Waals surface area (Å²) in [5.74, 6) is -0.0312. The van der Waals surface area contributed by atoms with Gasteiger partial charge in [-0.05, 0) is 35.9 Å². The molecule has 1 atom stereocenters. The highest BCUT2D eigenvalue weighted by atomic mass is 32.2. The van der Waals surface area contributed by atoms with Crippen LogP contribution in [0.25, 0.3) is 10.8 Å². The average Bonchev–Trinajstić information content (AvgIpc) is 2.74. The molecule has 7 nitrogen and oxygen atoms in total. The first-order chi connectivity index (χ1) is 14.9. The minimum absolute atomic E-state index is 0.0312. The van der Waals surface area contributed by atoms with Gasteiger partial charge < -0.3 is 16.2 Å². The second-order valence-corrected chi connectivity index (χ2v) is 9.02. The molecule has 0 saturated carbocycles. The van der Waals surface area contributed by atoms with E-state index in [2.05, 4.69) is 9.71 Å². The van der Waals surface area contributed by atoms with Crippen LogP contribution >= 0.6 is 0 Å². The maximum absolute atomic E-state index is 13.2. The molecule has 0 spiro atoms. The molecule has 0 fully saturated rings. The lowest BCUT2D eigenvalue weighted by atomic mass is 10.1. The Labute approximate surface area is 183 Å². The third-order valence-corrected chi connectivity index (χ3v) is 6.49. The molecule has 3 rings (SSSR count). The topological polar surface area (TPSA) is 120 Å². The fraction of sp³-hybridized carbons (Fsp3) is 0.261. The van der Waals surface area contributed by atoms with Gasteiger partial charge in [0, 0.05) is 18.0 Å². The van der Waals surface area contributed by atoms with Gasteiger partial charge in [0.15, 0.2) is 5.96 Å². The van der Waals surface area contributed by atoms with E-state index in [1.165, 1.54) is 0 Å². The molecule has 0 aliphatic rings. The molecule has 0 aliphatic carbocycles. The summed E-state index contributed by atoms with van der Waals surface area (Å²) in [4.78, 5) is 4.22. The van der Waals surface area contributed by atoms with Gasteiger partial charge >= 0.3 is 0 Å². The molecule has 0 aliphatic heterocycles. The molecule has 0 heterocycles. The normalized spacial score (nSPS) is 12.5. The van der Waals surface area contributed by atoms with E-state index in [-0.39, 0.29) is 17.5 Å². The van der Waals surface area contributed by atoms with Crippen LogP contribution in [-0.2, 0) is 21.4 Å². The second kappa shape index (κ2) is 10.4. The SMILES string of the molecule is Cc1ccc(S(=O)(=O)N[C@@H](CCN=C(N)N)COCc2ccccc2)c2ccccc12. The zero-order valence-electron chi connectivity index (χ0n) is 17.5.